The van der Waals surface area contributed by atoms with Crippen LogP contribution in [-0.4, -0.2) is 22.1 Å². The van der Waals surface area contributed by atoms with Gasteiger partial charge in [0.25, 0.3) is 0 Å². The second-order valence-electron chi connectivity index (χ2n) is 2.89. The molecule has 0 bridgehead atoms. The third-order valence-electron chi connectivity index (χ3n) is 1.89. The van der Waals surface area contributed by atoms with E-state index in [1.54, 1.807) is 0 Å². The smallest absolute Gasteiger partial charge is 0.339 e. The molecule has 1 aromatic rings. The van der Waals surface area contributed by atoms with Crippen LogP contribution in [0.25, 0.3) is 0 Å². The maximum absolute atomic E-state index is 11.5. The standard InChI is InChI=1S/C9H8Cl3NO3/c1-16-9(15)7-5(4-13(11)12)2-3-6(14)8(7)10/h2-3,14H,4H2,1H3. The zero-order valence-corrected chi connectivity index (χ0v) is 10.5. The quantitative estimate of drug-likeness (QED) is 0.685. The minimum atomic E-state index is -0.661. The minimum Gasteiger partial charge on any atom is -0.506 e. The van der Waals surface area contributed by atoms with Crippen molar-refractivity contribution in [3.8, 4) is 5.75 Å². The van der Waals surface area contributed by atoms with Gasteiger partial charge < -0.3 is 9.84 Å². The molecule has 0 aromatic heterocycles. The fourth-order valence-electron chi connectivity index (χ4n) is 1.19. The van der Waals surface area contributed by atoms with Crippen molar-refractivity contribution < 1.29 is 14.6 Å². The number of hydrogen-bond acceptors (Lipinski definition) is 4. The molecule has 0 heterocycles. The molecule has 0 saturated carbocycles. The summed E-state index contributed by atoms with van der Waals surface area (Å²) in [4.78, 5) is 11.5. The van der Waals surface area contributed by atoms with Crippen molar-refractivity contribution in [2.75, 3.05) is 7.11 Å². The Morgan fingerprint density at radius 1 is 1.50 bits per heavy atom. The van der Waals surface area contributed by atoms with Gasteiger partial charge in [0, 0.05) is 0 Å². The lowest BCUT2D eigenvalue weighted by molar-refractivity contribution is 0.0599. The highest BCUT2D eigenvalue weighted by molar-refractivity contribution is 6.35. The highest BCUT2D eigenvalue weighted by Crippen LogP contribution is 2.31. The van der Waals surface area contributed by atoms with Gasteiger partial charge in [-0.15, -0.1) is 3.94 Å². The molecule has 0 spiro atoms. The Balaban J connectivity index is 3.27. The van der Waals surface area contributed by atoms with Crippen LogP contribution >= 0.6 is 35.2 Å². The van der Waals surface area contributed by atoms with Crippen LogP contribution in [0, 0.1) is 0 Å². The third-order valence-corrected chi connectivity index (χ3v) is 2.51. The van der Waals surface area contributed by atoms with E-state index in [9.17, 15) is 9.90 Å². The van der Waals surface area contributed by atoms with Crippen LogP contribution in [0.4, 0.5) is 0 Å². The van der Waals surface area contributed by atoms with Gasteiger partial charge in [0.1, 0.15) is 5.75 Å². The van der Waals surface area contributed by atoms with Crippen molar-refractivity contribution in [1.29, 1.82) is 0 Å². The molecular formula is C9H8Cl3NO3. The van der Waals surface area contributed by atoms with E-state index < -0.39 is 5.97 Å². The van der Waals surface area contributed by atoms with Crippen LogP contribution in [0.3, 0.4) is 0 Å². The van der Waals surface area contributed by atoms with Crippen LogP contribution in [-0.2, 0) is 11.3 Å². The summed E-state index contributed by atoms with van der Waals surface area (Å²) in [6, 6.07) is 2.84. The molecule has 1 N–H and O–H groups in total. The highest BCUT2D eigenvalue weighted by atomic mass is 35.5. The Morgan fingerprint density at radius 3 is 2.62 bits per heavy atom. The molecule has 0 atom stereocenters. The number of phenolic OH excluding ortho intramolecular Hbond substituents is 1. The first-order chi connectivity index (χ1) is 7.47. The summed E-state index contributed by atoms with van der Waals surface area (Å²) in [6.07, 6.45) is 0. The molecule has 0 amide bonds. The molecule has 0 aliphatic heterocycles. The topological polar surface area (TPSA) is 49.8 Å². The lowest BCUT2D eigenvalue weighted by Gasteiger charge is -2.11. The molecule has 0 unspecified atom stereocenters. The average Bonchev–Trinajstić information content (AvgIpc) is 2.22. The SMILES string of the molecule is COC(=O)c1c(CN(Cl)Cl)ccc(O)c1Cl. The van der Waals surface area contributed by atoms with Crippen molar-refractivity contribution >= 4 is 41.1 Å². The summed E-state index contributed by atoms with van der Waals surface area (Å²) >= 11 is 16.7. The van der Waals surface area contributed by atoms with E-state index in [1.807, 2.05) is 0 Å². The van der Waals surface area contributed by atoms with Crippen molar-refractivity contribution in [2.45, 2.75) is 6.54 Å². The van der Waals surface area contributed by atoms with E-state index >= 15 is 0 Å². The molecule has 7 heteroatoms. The summed E-state index contributed by atoms with van der Waals surface area (Å²) in [5, 5.41) is 9.30. The van der Waals surface area contributed by atoms with Gasteiger partial charge >= 0.3 is 5.97 Å². The molecule has 1 aromatic carbocycles. The first kappa shape index (κ1) is 13.4. The molecule has 88 valence electrons. The maximum atomic E-state index is 11.5. The van der Waals surface area contributed by atoms with Crippen LogP contribution in [0.5, 0.6) is 5.75 Å². The lowest BCUT2D eigenvalue weighted by atomic mass is 10.1. The first-order valence-corrected chi connectivity index (χ1v) is 5.20. The largest absolute Gasteiger partial charge is 0.506 e. The van der Waals surface area contributed by atoms with E-state index in [0.29, 0.717) is 5.56 Å². The predicted octanol–water partition coefficient (Wildman–Crippen LogP) is 2.94. The number of nitrogens with zero attached hydrogens (tertiary/aromatic N) is 1. The molecule has 0 saturated heterocycles. The highest BCUT2D eigenvalue weighted by Gasteiger charge is 2.19. The second kappa shape index (κ2) is 5.59. The summed E-state index contributed by atoms with van der Waals surface area (Å²) < 4.78 is 5.40. The number of carbonyl (C=O) groups excluding carboxylic acids is 1. The van der Waals surface area contributed by atoms with E-state index in [2.05, 4.69) is 4.74 Å². The Labute approximate surface area is 107 Å². The summed E-state index contributed by atoms with van der Waals surface area (Å²) in [5.41, 5.74) is 0.509. The van der Waals surface area contributed by atoms with Crippen molar-refractivity contribution in [3.05, 3.63) is 28.3 Å². The number of phenols is 1. The normalized spacial score (nSPS) is 10.6. The molecule has 0 aliphatic rings. The number of halogens is 3. The van der Waals surface area contributed by atoms with Gasteiger partial charge in [-0.05, 0) is 35.2 Å². The second-order valence-corrected chi connectivity index (χ2v) is 4.25. The Bertz CT molecular complexity index is 409. The average molecular weight is 285 g/mol. The van der Waals surface area contributed by atoms with Gasteiger partial charge in [0.05, 0.1) is 24.2 Å². The van der Waals surface area contributed by atoms with Gasteiger partial charge in [-0.25, -0.2) is 4.79 Å². The molecular weight excluding hydrogens is 276 g/mol. The maximum Gasteiger partial charge on any atom is 0.339 e. The van der Waals surface area contributed by atoms with Gasteiger partial charge in [0.2, 0.25) is 0 Å². The number of rotatable bonds is 3. The first-order valence-electron chi connectivity index (χ1n) is 4.15. The summed E-state index contributed by atoms with van der Waals surface area (Å²) in [6.45, 7) is 0.0769. The molecule has 0 aliphatic carbocycles. The number of aromatic hydroxyl groups is 1. The van der Waals surface area contributed by atoms with Crippen LogP contribution in [0.15, 0.2) is 12.1 Å². The van der Waals surface area contributed by atoms with Gasteiger partial charge in [-0.2, -0.15) is 0 Å². The number of benzene rings is 1. The fraction of sp³-hybridized carbons (Fsp3) is 0.222. The van der Waals surface area contributed by atoms with E-state index in [0.717, 1.165) is 3.94 Å². The van der Waals surface area contributed by atoms with Crippen LogP contribution in [0.2, 0.25) is 5.02 Å². The number of esters is 1. The van der Waals surface area contributed by atoms with E-state index in [1.165, 1.54) is 19.2 Å². The molecule has 1 rings (SSSR count). The third kappa shape index (κ3) is 2.92. The van der Waals surface area contributed by atoms with E-state index in [-0.39, 0.29) is 22.9 Å². The molecule has 0 radical (unpaired) electrons. The minimum absolute atomic E-state index is 0.0514. The van der Waals surface area contributed by atoms with Gasteiger partial charge in [-0.1, -0.05) is 17.7 Å². The van der Waals surface area contributed by atoms with Gasteiger partial charge in [0.15, 0.2) is 0 Å². The monoisotopic (exact) mass is 283 g/mol. The Kier molecular flexibility index (Phi) is 4.68. The lowest BCUT2D eigenvalue weighted by Crippen LogP contribution is -2.10. The molecule has 16 heavy (non-hydrogen) atoms. The van der Waals surface area contributed by atoms with E-state index in [4.69, 9.17) is 35.2 Å². The van der Waals surface area contributed by atoms with Crippen molar-refractivity contribution in [2.24, 2.45) is 0 Å². The summed E-state index contributed by atoms with van der Waals surface area (Å²) in [7, 11) is 1.21. The predicted molar refractivity (Wildman–Crippen MR) is 61.7 cm³/mol. The van der Waals surface area contributed by atoms with Crippen molar-refractivity contribution in [3.63, 3.8) is 0 Å². The number of methoxy groups -OCH3 is 1. The fourth-order valence-corrected chi connectivity index (χ4v) is 1.71. The van der Waals surface area contributed by atoms with Crippen LogP contribution < -0.4 is 0 Å². The number of hydrogen-bond donors (Lipinski definition) is 1. The summed E-state index contributed by atoms with van der Waals surface area (Å²) in [5.74, 6) is -0.868. The van der Waals surface area contributed by atoms with Crippen LogP contribution in [0.1, 0.15) is 15.9 Å². The Hall–Kier alpha value is -0.680. The molecule has 4 nitrogen and oxygen atoms in total. The number of carbonyl (C=O) groups is 1. The van der Waals surface area contributed by atoms with Gasteiger partial charge in [-0.3, -0.25) is 0 Å². The molecule has 0 fully saturated rings. The van der Waals surface area contributed by atoms with Crippen molar-refractivity contribution in [1.82, 2.24) is 3.94 Å². The number of ether oxygens (including phenoxy) is 1. The zero-order valence-electron chi connectivity index (χ0n) is 8.21. The zero-order chi connectivity index (χ0) is 12.3. The Morgan fingerprint density at radius 2 is 2.12 bits per heavy atom.